The average molecular weight is 238 g/mol. The average Bonchev–Trinajstić information content (AvgIpc) is 3.10. The van der Waals surface area contributed by atoms with Gasteiger partial charge in [0.15, 0.2) is 0 Å². The fourth-order valence-corrected chi connectivity index (χ4v) is 2.25. The SMILES string of the molecule is CCN(CCc1ccccc1Cl)CC1CC1. The number of nitrogens with zero attached hydrogens (tertiary/aromatic N) is 1. The summed E-state index contributed by atoms with van der Waals surface area (Å²) in [5.41, 5.74) is 1.28. The topological polar surface area (TPSA) is 3.24 Å². The highest BCUT2D eigenvalue weighted by atomic mass is 35.5. The van der Waals surface area contributed by atoms with Crippen molar-refractivity contribution in [1.82, 2.24) is 4.90 Å². The Morgan fingerprint density at radius 2 is 2.06 bits per heavy atom. The maximum Gasteiger partial charge on any atom is 0.0438 e. The second kappa shape index (κ2) is 5.70. The van der Waals surface area contributed by atoms with Crippen molar-refractivity contribution in [3.63, 3.8) is 0 Å². The number of halogens is 1. The summed E-state index contributed by atoms with van der Waals surface area (Å²) in [6, 6.07) is 8.17. The Kier molecular flexibility index (Phi) is 4.25. The van der Waals surface area contributed by atoms with Crippen molar-refractivity contribution in [3.8, 4) is 0 Å². The van der Waals surface area contributed by atoms with Crippen LogP contribution < -0.4 is 0 Å². The van der Waals surface area contributed by atoms with Gasteiger partial charge in [0, 0.05) is 18.1 Å². The van der Waals surface area contributed by atoms with Gasteiger partial charge in [-0.15, -0.1) is 0 Å². The third-order valence-electron chi connectivity index (χ3n) is 3.32. The van der Waals surface area contributed by atoms with Gasteiger partial charge in [-0.2, -0.15) is 0 Å². The Bertz CT molecular complexity index is 333. The van der Waals surface area contributed by atoms with E-state index in [9.17, 15) is 0 Å². The van der Waals surface area contributed by atoms with Crippen molar-refractivity contribution in [3.05, 3.63) is 34.9 Å². The van der Waals surface area contributed by atoms with Crippen molar-refractivity contribution in [2.45, 2.75) is 26.2 Å². The van der Waals surface area contributed by atoms with Crippen LogP contribution in [0.3, 0.4) is 0 Å². The molecule has 0 heterocycles. The first kappa shape index (κ1) is 11.9. The van der Waals surface area contributed by atoms with Gasteiger partial charge >= 0.3 is 0 Å². The van der Waals surface area contributed by atoms with Gasteiger partial charge in [0.05, 0.1) is 0 Å². The summed E-state index contributed by atoms with van der Waals surface area (Å²) in [6.07, 6.45) is 3.94. The number of likely N-dealkylation sites (N-methyl/N-ethyl adjacent to an activating group) is 1. The molecule has 1 aromatic carbocycles. The van der Waals surface area contributed by atoms with Crippen molar-refractivity contribution in [1.29, 1.82) is 0 Å². The molecule has 0 aromatic heterocycles. The molecule has 0 unspecified atom stereocenters. The van der Waals surface area contributed by atoms with Crippen LogP contribution in [0.5, 0.6) is 0 Å². The van der Waals surface area contributed by atoms with E-state index in [1.165, 1.54) is 24.9 Å². The molecular formula is C14H20ClN. The smallest absolute Gasteiger partial charge is 0.0438 e. The van der Waals surface area contributed by atoms with Crippen LogP contribution in [0.4, 0.5) is 0 Å². The van der Waals surface area contributed by atoms with Crippen LogP contribution in [-0.4, -0.2) is 24.5 Å². The zero-order valence-electron chi connectivity index (χ0n) is 9.95. The third kappa shape index (κ3) is 3.50. The zero-order valence-corrected chi connectivity index (χ0v) is 10.7. The molecule has 1 nitrogen and oxygen atoms in total. The van der Waals surface area contributed by atoms with E-state index in [4.69, 9.17) is 11.6 Å². The van der Waals surface area contributed by atoms with Crippen molar-refractivity contribution >= 4 is 11.6 Å². The number of rotatable bonds is 6. The zero-order chi connectivity index (χ0) is 11.4. The molecular weight excluding hydrogens is 218 g/mol. The largest absolute Gasteiger partial charge is 0.303 e. The van der Waals surface area contributed by atoms with Gasteiger partial charge in [-0.1, -0.05) is 36.7 Å². The number of hydrogen-bond acceptors (Lipinski definition) is 1. The van der Waals surface area contributed by atoms with Crippen molar-refractivity contribution in [2.24, 2.45) is 5.92 Å². The Hall–Kier alpha value is -0.530. The van der Waals surface area contributed by atoms with Crippen LogP contribution in [0.2, 0.25) is 5.02 Å². The molecule has 0 aliphatic heterocycles. The van der Waals surface area contributed by atoms with Gasteiger partial charge in [-0.05, 0) is 43.4 Å². The summed E-state index contributed by atoms with van der Waals surface area (Å²) in [5.74, 6) is 0.978. The van der Waals surface area contributed by atoms with Crippen LogP contribution in [0, 0.1) is 5.92 Å². The van der Waals surface area contributed by atoms with E-state index in [0.29, 0.717) is 0 Å². The lowest BCUT2D eigenvalue weighted by Gasteiger charge is -2.20. The van der Waals surface area contributed by atoms with Crippen LogP contribution >= 0.6 is 11.6 Å². The molecule has 0 amide bonds. The van der Waals surface area contributed by atoms with E-state index in [-0.39, 0.29) is 0 Å². The molecule has 1 fully saturated rings. The Morgan fingerprint density at radius 1 is 1.31 bits per heavy atom. The highest BCUT2D eigenvalue weighted by Gasteiger charge is 2.23. The van der Waals surface area contributed by atoms with Gasteiger partial charge in [0.1, 0.15) is 0 Å². The minimum absolute atomic E-state index is 0.907. The summed E-state index contributed by atoms with van der Waals surface area (Å²) in [5, 5.41) is 0.907. The monoisotopic (exact) mass is 237 g/mol. The van der Waals surface area contributed by atoms with E-state index < -0.39 is 0 Å². The van der Waals surface area contributed by atoms with Gasteiger partial charge < -0.3 is 4.90 Å². The van der Waals surface area contributed by atoms with E-state index in [1.54, 1.807) is 0 Å². The lowest BCUT2D eigenvalue weighted by Crippen LogP contribution is -2.28. The molecule has 0 saturated heterocycles. The normalized spacial score (nSPS) is 15.7. The molecule has 0 atom stereocenters. The first-order valence-corrected chi connectivity index (χ1v) is 6.63. The van der Waals surface area contributed by atoms with Crippen molar-refractivity contribution in [2.75, 3.05) is 19.6 Å². The number of hydrogen-bond donors (Lipinski definition) is 0. The molecule has 1 aliphatic rings. The third-order valence-corrected chi connectivity index (χ3v) is 3.68. The van der Waals surface area contributed by atoms with Crippen LogP contribution in [0.25, 0.3) is 0 Å². The summed E-state index contributed by atoms with van der Waals surface area (Å²) >= 11 is 6.15. The second-order valence-electron chi connectivity index (χ2n) is 4.68. The predicted molar refractivity (Wildman–Crippen MR) is 70.0 cm³/mol. The standard InChI is InChI=1S/C14H20ClN/c1-2-16(11-12-7-8-12)10-9-13-5-3-4-6-14(13)15/h3-6,12H,2,7-11H2,1H3. The molecule has 2 rings (SSSR count). The molecule has 1 saturated carbocycles. The molecule has 1 aromatic rings. The number of benzene rings is 1. The molecule has 0 spiro atoms. The first-order valence-electron chi connectivity index (χ1n) is 6.25. The molecule has 16 heavy (non-hydrogen) atoms. The van der Waals surface area contributed by atoms with Crippen LogP contribution in [0.15, 0.2) is 24.3 Å². The fourth-order valence-electron chi connectivity index (χ4n) is 2.02. The maximum atomic E-state index is 6.15. The van der Waals surface area contributed by atoms with Gasteiger partial charge in [0.25, 0.3) is 0 Å². The summed E-state index contributed by atoms with van der Waals surface area (Å²) in [4.78, 5) is 2.54. The highest BCUT2D eigenvalue weighted by molar-refractivity contribution is 6.31. The summed E-state index contributed by atoms with van der Waals surface area (Å²) < 4.78 is 0. The fraction of sp³-hybridized carbons (Fsp3) is 0.571. The molecule has 88 valence electrons. The van der Waals surface area contributed by atoms with E-state index in [2.05, 4.69) is 24.0 Å². The van der Waals surface area contributed by atoms with Crippen LogP contribution in [-0.2, 0) is 6.42 Å². The summed E-state index contributed by atoms with van der Waals surface area (Å²) in [7, 11) is 0. The molecule has 0 N–H and O–H groups in total. The Balaban J connectivity index is 1.82. The van der Waals surface area contributed by atoms with Crippen molar-refractivity contribution < 1.29 is 0 Å². The lowest BCUT2D eigenvalue weighted by molar-refractivity contribution is 0.280. The molecule has 0 radical (unpaired) electrons. The van der Waals surface area contributed by atoms with Gasteiger partial charge in [0.2, 0.25) is 0 Å². The predicted octanol–water partition coefficient (Wildman–Crippen LogP) is 3.61. The molecule has 2 heteroatoms. The maximum absolute atomic E-state index is 6.15. The quantitative estimate of drug-likeness (QED) is 0.731. The lowest BCUT2D eigenvalue weighted by atomic mass is 10.1. The van der Waals surface area contributed by atoms with E-state index in [0.717, 1.165) is 30.5 Å². The molecule has 0 bridgehead atoms. The Labute approximate surface area is 103 Å². The van der Waals surface area contributed by atoms with Gasteiger partial charge in [-0.25, -0.2) is 0 Å². The minimum atomic E-state index is 0.907. The minimum Gasteiger partial charge on any atom is -0.303 e. The van der Waals surface area contributed by atoms with E-state index in [1.807, 2.05) is 12.1 Å². The first-order chi connectivity index (χ1) is 7.79. The molecule has 1 aliphatic carbocycles. The summed E-state index contributed by atoms with van der Waals surface area (Å²) in [6.45, 7) is 5.81. The Morgan fingerprint density at radius 3 is 2.69 bits per heavy atom. The highest BCUT2D eigenvalue weighted by Crippen LogP contribution is 2.29. The van der Waals surface area contributed by atoms with E-state index >= 15 is 0 Å². The van der Waals surface area contributed by atoms with Crippen LogP contribution in [0.1, 0.15) is 25.3 Å². The second-order valence-corrected chi connectivity index (χ2v) is 5.09. The van der Waals surface area contributed by atoms with Gasteiger partial charge in [-0.3, -0.25) is 0 Å².